The second-order valence-electron chi connectivity index (χ2n) is 12.7. The average Bonchev–Trinajstić information content (AvgIpc) is 3.37. The average molecular weight is 581 g/mol. The van der Waals surface area contributed by atoms with Gasteiger partial charge in [-0.2, -0.15) is 5.26 Å². The standard InChI is InChI=1S/C29H33FN6O6/c1-28(2,3)23(35-25(38)20-11-32-13-41-20)27(40)36-12-16-21(29(16,4)5)22(36)26(39)33-15(10-31)9-19-24(37)34-17-8-14(30)6-7-18(17)42-19/h6-8,11,13,15-16,19,21-23H,9,12H2,1-5H3,(H,33,39)(H,34,37)(H,35,38)/t15-,16-,19-,21-,22-,23+/m0/s1. The lowest BCUT2D eigenvalue weighted by Crippen LogP contribution is -2.60. The van der Waals surface area contributed by atoms with Gasteiger partial charge in [-0.1, -0.05) is 34.6 Å². The van der Waals surface area contributed by atoms with Crippen LogP contribution >= 0.6 is 0 Å². The molecule has 1 aliphatic carbocycles. The predicted molar refractivity (Wildman–Crippen MR) is 145 cm³/mol. The third kappa shape index (κ3) is 5.29. The van der Waals surface area contributed by atoms with Crippen LogP contribution in [0.2, 0.25) is 0 Å². The fourth-order valence-corrected chi connectivity index (χ4v) is 6.05. The molecule has 3 N–H and O–H groups in total. The number of aromatic nitrogens is 1. The van der Waals surface area contributed by atoms with Crippen molar-refractivity contribution in [2.24, 2.45) is 22.7 Å². The number of ether oxygens (including phenoxy) is 1. The first-order valence-corrected chi connectivity index (χ1v) is 13.7. The number of anilines is 1. The highest BCUT2D eigenvalue weighted by atomic mass is 19.1. The van der Waals surface area contributed by atoms with Crippen molar-refractivity contribution in [1.29, 1.82) is 5.26 Å². The third-order valence-corrected chi connectivity index (χ3v) is 8.49. The number of fused-ring (bicyclic) bond motifs is 2. The number of hydrogen-bond acceptors (Lipinski definition) is 8. The maximum atomic E-state index is 14.0. The molecule has 0 radical (unpaired) electrons. The molecule has 3 heterocycles. The van der Waals surface area contributed by atoms with Crippen molar-refractivity contribution in [2.45, 2.75) is 65.3 Å². The molecular weight excluding hydrogens is 547 g/mol. The van der Waals surface area contributed by atoms with Crippen LogP contribution in [0, 0.1) is 39.8 Å². The molecule has 2 fully saturated rings. The lowest BCUT2D eigenvalue weighted by molar-refractivity contribution is -0.144. The van der Waals surface area contributed by atoms with Crippen LogP contribution in [-0.2, 0) is 14.4 Å². The van der Waals surface area contributed by atoms with Gasteiger partial charge in [0, 0.05) is 19.0 Å². The molecule has 1 aromatic heterocycles. The number of nitrogens with one attached hydrogen (secondary N) is 3. The molecule has 6 atom stereocenters. The van der Waals surface area contributed by atoms with Crippen molar-refractivity contribution >= 4 is 29.3 Å². The topological polar surface area (TPSA) is 167 Å². The van der Waals surface area contributed by atoms with Gasteiger partial charge in [0.2, 0.25) is 17.6 Å². The van der Waals surface area contributed by atoms with Crippen molar-refractivity contribution in [3.8, 4) is 11.8 Å². The second kappa shape index (κ2) is 10.4. The predicted octanol–water partition coefficient (Wildman–Crippen LogP) is 2.24. The van der Waals surface area contributed by atoms with Gasteiger partial charge in [-0.25, -0.2) is 9.37 Å². The van der Waals surface area contributed by atoms with Crippen molar-refractivity contribution in [3.63, 3.8) is 0 Å². The highest BCUT2D eigenvalue weighted by molar-refractivity contribution is 5.99. The van der Waals surface area contributed by atoms with Gasteiger partial charge in [0.1, 0.15) is 29.7 Å². The summed E-state index contributed by atoms with van der Waals surface area (Å²) in [4.78, 5) is 58.3. The van der Waals surface area contributed by atoms with Crippen molar-refractivity contribution < 1.29 is 32.7 Å². The summed E-state index contributed by atoms with van der Waals surface area (Å²) < 4.78 is 24.3. The molecule has 13 heteroatoms. The van der Waals surface area contributed by atoms with E-state index in [1.807, 2.05) is 19.9 Å². The molecule has 1 saturated carbocycles. The maximum absolute atomic E-state index is 14.0. The van der Waals surface area contributed by atoms with Crippen LogP contribution in [0.25, 0.3) is 0 Å². The number of oxazole rings is 1. The Bertz CT molecular complexity index is 1460. The number of rotatable bonds is 7. The maximum Gasteiger partial charge on any atom is 0.289 e. The zero-order chi connectivity index (χ0) is 30.6. The van der Waals surface area contributed by atoms with E-state index in [1.54, 1.807) is 20.8 Å². The van der Waals surface area contributed by atoms with Gasteiger partial charge in [0.25, 0.3) is 11.8 Å². The Morgan fingerprint density at radius 2 is 2.02 bits per heavy atom. The largest absolute Gasteiger partial charge is 0.478 e. The minimum Gasteiger partial charge on any atom is -0.478 e. The van der Waals surface area contributed by atoms with Crippen LogP contribution in [0.5, 0.6) is 5.75 Å². The SMILES string of the molecule is CC(C)(C)[C@H](NC(=O)c1cnco1)C(=O)N1C[C@H]2[C@@H]([C@H]1C(=O)N[C@H](C#N)C[C@@H]1Oc3ccc(F)cc3NC1=O)C2(C)C. The summed E-state index contributed by atoms with van der Waals surface area (Å²) in [5, 5.41) is 17.9. The number of halogens is 1. The molecule has 5 rings (SSSR count). The Morgan fingerprint density at radius 1 is 1.29 bits per heavy atom. The fourth-order valence-electron chi connectivity index (χ4n) is 6.05. The first kappa shape index (κ1) is 29.0. The fraction of sp³-hybridized carbons (Fsp3) is 0.517. The van der Waals surface area contributed by atoms with Gasteiger partial charge in [0.15, 0.2) is 12.5 Å². The Balaban J connectivity index is 1.32. The van der Waals surface area contributed by atoms with Crippen LogP contribution < -0.4 is 20.7 Å². The number of amides is 4. The summed E-state index contributed by atoms with van der Waals surface area (Å²) in [5.74, 6) is -2.55. The molecule has 0 unspecified atom stereocenters. The Kier molecular flexibility index (Phi) is 7.20. The molecule has 0 spiro atoms. The summed E-state index contributed by atoms with van der Waals surface area (Å²) in [7, 11) is 0. The Labute approximate surface area is 242 Å². The number of nitrogens with zero attached hydrogens (tertiary/aromatic N) is 3. The van der Waals surface area contributed by atoms with Crippen LogP contribution in [0.1, 0.15) is 51.6 Å². The quantitative estimate of drug-likeness (QED) is 0.448. The van der Waals surface area contributed by atoms with Gasteiger partial charge in [-0.05, 0) is 34.8 Å². The van der Waals surface area contributed by atoms with E-state index in [1.165, 1.54) is 23.2 Å². The number of carbonyl (C=O) groups excluding carboxylic acids is 4. The van der Waals surface area contributed by atoms with E-state index in [-0.39, 0.29) is 40.9 Å². The minimum atomic E-state index is -1.11. The molecule has 12 nitrogen and oxygen atoms in total. The highest BCUT2D eigenvalue weighted by Gasteiger charge is 2.69. The lowest BCUT2D eigenvalue weighted by Gasteiger charge is -2.37. The number of likely N-dealkylation sites (tertiary alicyclic amines) is 1. The number of benzene rings is 1. The monoisotopic (exact) mass is 580 g/mol. The summed E-state index contributed by atoms with van der Waals surface area (Å²) >= 11 is 0. The molecule has 0 bridgehead atoms. The lowest BCUT2D eigenvalue weighted by atomic mass is 9.85. The summed E-state index contributed by atoms with van der Waals surface area (Å²) in [5.41, 5.74) is -0.734. The summed E-state index contributed by atoms with van der Waals surface area (Å²) in [6, 6.07) is 2.73. The van der Waals surface area contributed by atoms with Crippen molar-refractivity contribution in [3.05, 3.63) is 42.4 Å². The van der Waals surface area contributed by atoms with E-state index in [0.717, 1.165) is 12.5 Å². The van der Waals surface area contributed by atoms with Gasteiger partial charge in [0.05, 0.1) is 18.0 Å². The summed E-state index contributed by atoms with van der Waals surface area (Å²) in [6.07, 6.45) is 1.10. The number of piperidine rings is 1. The molecule has 1 saturated heterocycles. The number of nitriles is 1. The number of carbonyl (C=O) groups is 4. The van der Waals surface area contributed by atoms with E-state index in [0.29, 0.717) is 6.54 Å². The molecule has 1 aromatic carbocycles. The first-order valence-electron chi connectivity index (χ1n) is 13.7. The van der Waals surface area contributed by atoms with Crippen molar-refractivity contribution in [2.75, 3.05) is 11.9 Å². The molecule has 4 amide bonds. The van der Waals surface area contributed by atoms with E-state index < -0.39 is 59.1 Å². The molecule has 2 aromatic rings. The van der Waals surface area contributed by atoms with Gasteiger partial charge in [-0.3, -0.25) is 19.2 Å². The molecule has 2 aliphatic heterocycles. The molecular formula is C29H33FN6O6. The van der Waals surface area contributed by atoms with E-state index in [2.05, 4.69) is 20.9 Å². The van der Waals surface area contributed by atoms with Crippen LogP contribution in [0.3, 0.4) is 0 Å². The van der Waals surface area contributed by atoms with E-state index in [9.17, 15) is 28.8 Å². The van der Waals surface area contributed by atoms with Crippen molar-refractivity contribution in [1.82, 2.24) is 20.5 Å². The Hall–Kier alpha value is -4.47. The highest BCUT2D eigenvalue weighted by Crippen LogP contribution is 2.65. The number of hydrogen-bond donors (Lipinski definition) is 3. The van der Waals surface area contributed by atoms with Gasteiger partial charge < -0.3 is 30.0 Å². The molecule has 3 aliphatic rings. The Morgan fingerprint density at radius 3 is 2.67 bits per heavy atom. The van der Waals surface area contributed by atoms with Crippen LogP contribution in [-0.4, -0.2) is 64.3 Å². The molecule has 42 heavy (non-hydrogen) atoms. The van der Waals surface area contributed by atoms with E-state index in [4.69, 9.17) is 9.15 Å². The zero-order valence-electron chi connectivity index (χ0n) is 23.9. The molecule has 222 valence electrons. The van der Waals surface area contributed by atoms with Gasteiger partial charge >= 0.3 is 0 Å². The van der Waals surface area contributed by atoms with Crippen LogP contribution in [0.4, 0.5) is 10.1 Å². The smallest absolute Gasteiger partial charge is 0.289 e. The van der Waals surface area contributed by atoms with Gasteiger partial charge in [-0.15, -0.1) is 0 Å². The second-order valence-corrected chi connectivity index (χ2v) is 12.7. The van der Waals surface area contributed by atoms with E-state index >= 15 is 0 Å². The first-order chi connectivity index (χ1) is 19.7. The minimum absolute atomic E-state index is 0.0460. The van der Waals surface area contributed by atoms with Crippen LogP contribution in [0.15, 0.2) is 35.2 Å². The third-order valence-electron chi connectivity index (χ3n) is 8.49. The summed E-state index contributed by atoms with van der Waals surface area (Å²) in [6.45, 7) is 9.79. The zero-order valence-corrected chi connectivity index (χ0v) is 23.9. The normalized spacial score (nSPS) is 25.1.